The molecule has 8 heteroatoms. The minimum Gasteiger partial charge on any atom is -0.506 e. The summed E-state index contributed by atoms with van der Waals surface area (Å²) in [7, 11) is 1.23. The molecule has 0 fully saturated rings. The van der Waals surface area contributed by atoms with E-state index in [1.54, 1.807) is 6.08 Å². The molecule has 5 aromatic rings. The van der Waals surface area contributed by atoms with Crippen LogP contribution in [0.25, 0.3) is 22.4 Å². The smallest absolute Gasteiger partial charge is 0.267 e. The van der Waals surface area contributed by atoms with Crippen LogP contribution in [0.1, 0.15) is 119 Å². The maximum atomic E-state index is 14.0. The predicted molar refractivity (Wildman–Crippen MR) is 260 cm³/mol. The topological polar surface area (TPSA) is 111 Å². The SMILES string of the molecule is CCCCCCCCc1ccc(BNc2cccc3c2C(=N)/C(=C2\C(=O)C(c4ccc5cccc(NBc6ccc(CCCCCCCC)cc6)c5c4N)=C2O)C=C3)cc1. The van der Waals surface area contributed by atoms with Gasteiger partial charge in [0.05, 0.1) is 16.9 Å². The van der Waals surface area contributed by atoms with Crippen LogP contribution in [0.2, 0.25) is 0 Å². The van der Waals surface area contributed by atoms with Gasteiger partial charge >= 0.3 is 0 Å². The van der Waals surface area contributed by atoms with Gasteiger partial charge in [-0.2, -0.15) is 0 Å². The normalized spacial score (nSPS) is 14.6. The summed E-state index contributed by atoms with van der Waals surface area (Å²) in [5, 5.41) is 29.8. The molecule has 2 aliphatic carbocycles. The molecule has 0 spiro atoms. The van der Waals surface area contributed by atoms with Crippen LogP contribution in [-0.2, 0) is 17.6 Å². The number of aryl methyl sites for hydroxylation is 2. The van der Waals surface area contributed by atoms with Crippen molar-refractivity contribution in [3.05, 3.63) is 148 Å². The molecular formula is C52H60B2N4O2. The van der Waals surface area contributed by atoms with Gasteiger partial charge in [0.25, 0.3) is 14.8 Å². The van der Waals surface area contributed by atoms with Gasteiger partial charge in [0, 0.05) is 39.1 Å². The third kappa shape index (κ3) is 9.81. The molecule has 0 aliphatic heterocycles. The number of anilines is 3. The average Bonchev–Trinajstić information content (AvgIpc) is 3.27. The number of carbonyl (C=O) groups excluding carboxylic acids is 1. The zero-order valence-electron chi connectivity index (χ0n) is 35.6. The maximum Gasteiger partial charge on any atom is 0.267 e. The van der Waals surface area contributed by atoms with Crippen molar-refractivity contribution in [1.82, 2.24) is 0 Å². The molecule has 60 heavy (non-hydrogen) atoms. The number of hydrogen-bond acceptors (Lipinski definition) is 6. The summed E-state index contributed by atoms with van der Waals surface area (Å²) in [4.78, 5) is 14.0. The first-order valence-electron chi connectivity index (χ1n) is 22.5. The van der Waals surface area contributed by atoms with E-state index >= 15 is 0 Å². The van der Waals surface area contributed by atoms with Crippen LogP contribution < -0.4 is 27.1 Å². The molecule has 0 aromatic heterocycles. The number of unbranched alkanes of at least 4 members (excludes halogenated alkanes) is 10. The highest BCUT2D eigenvalue weighted by Gasteiger charge is 2.39. The lowest BCUT2D eigenvalue weighted by atomic mass is 9.76. The van der Waals surface area contributed by atoms with E-state index < -0.39 is 0 Å². The summed E-state index contributed by atoms with van der Waals surface area (Å²) in [6.45, 7) is 4.51. The molecule has 0 saturated carbocycles. The lowest BCUT2D eigenvalue weighted by molar-refractivity contribution is -0.111. The Morgan fingerprint density at radius 1 is 0.617 bits per heavy atom. The minimum atomic E-state index is -0.315. The summed E-state index contributed by atoms with van der Waals surface area (Å²) in [6.07, 6.45) is 21.5. The number of carbonyl (C=O) groups is 1. The standard InChI is InChI=1S/C52H60B2N4O2/c1-3-5-7-9-11-13-17-35-23-29-39(30-24-35)53-57-43-21-15-19-37-27-33-41(49(55)45(37)43)47-51(59)48(52(47)60)42-34-28-38-20-16-22-44(46(38)50(42)56)58-54-40-31-25-36(26-32-40)18-14-12-10-8-6-4-2/h15-16,19-34,53-55,57-59H,3-14,17-18,56H2,1-2H3/b47-41-,55-49?. The van der Waals surface area contributed by atoms with Crippen LogP contribution in [-0.4, -0.2) is 31.4 Å². The number of hydrogen-bond donors (Lipinski definition) is 5. The summed E-state index contributed by atoms with van der Waals surface area (Å²) >= 11 is 0. The monoisotopic (exact) mass is 794 g/mol. The Labute approximate surface area is 358 Å². The maximum absolute atomic E-state index is 14.0. The second-order valence-electron chi connectivity index (χ2n) is 16.6. The number of benzene rings is 5. The van der Waals surface area contributed by atoms with Gasteiger partial charge in [-0.1, -0.05) is 186 Å². The van der Waals surface area contributed by atoms with E-state index in [9.17, 15) is 15.3 Å². The zero-order chi connectivity index (χ0) is 41.8. The fourth-order valence-corrected chi connectivity index (χ4v) is 8.67. The molecule has 306 valence electrons. The third-order valence-electron chi connectivity index (χ3n) is 12.2. The Kier molecular flexibility index (Phi) is 14.5. The summed E-state index contributed by atoms with van der Waals surface area (Å²) in [5.41, 5.74) is 17.1. The van der Waals surface area contributed by atoms with Crippen molar-refractivity contribution in [1.29, 1.82) is 5.41 Å². The number of aliphatic hydroxyl groups excluding tert-OH is 1. The third-order valence-corrected chi connectivity index (χ3v) is 12.2. The van der Waals surface area contributed by atoms with Crippen LogP contribution in [0.4, 0.5) is 17.1 Å². The van der Waals surface area contributed by atoms with E-state index in [1.165, 1.54) is 93.6 Å². The summed E-state index contributed by atoms with van der Waals surface area (Å²) in [5.74, 6) is -0.443. The van der Waals surface area contributed by atoms with Crippen molar-refractivity contribution in [3.63, 3.8) is 0 Å². The van der Waals surface area contributed by atoms with Gasteiger partial charge in [-0.25, -0.2) is 0 Å². The lowest BCUT2D eigenvalue weighted by Crippen LogP contribution is -2.27. The largest absolute Gasteiger partial charge is 0.506 e. The van der Waals surface area contributed by atoms with Gasteiger partial charge in [0.1, 0.15) is 5.76 Å². The second-order valence-corrected chi connectivity index (χ2v) is 16.6. The number of aliphatic hydroxyl groups is 1. The molecule has 0 saturated heterocycles. The van der Waals surface area contributed by atoms with Crippen LogP contribution >= 0.6 is 0 Å². The van der Waals surface area contributed by atoms with Gasteiger partial charge < -0.3 is 21.3 Å². The Morgan fingerprint density at radius 3 is 1.77 bits per heavy atom. The number of nitrogen functional groups attached to an aromatic ring is 1. The highest BCUT2D eigenvalue weighted by Crippen LogP contribution is 2.44. The quantitative estimate of drug-likeness (QED) is 0.0220. The number of nitrogens with two attached hydrogens (primary N) is 1. The lowest BCUT2D eigenvalue weighted by Gasteiger charge is -2.27. The number of Topliss-reactive ketones (excluding diaryl/α,β-unsaturated/α-hetero) is 1. The van der Waals surface area contributed by atoms with Gasteiger partial charge in [-0.05, 0) is 59.9 Å². The first-order chi connectivity index (χ1) is 29.4. The molecule has 7 rings (SSSR count). The number of allylic oxidation sites excluding steroid dienone is 4. The van der Waals surface area contributed by atoms with Crippen molar-refractivity contribution >= 4 is 76.7 Å². The Balaban J connectivity index is 1.03. The second kappa shape index (κ2) is 20.5. The van der Waals surface area contributed by atoms with E-state index in [1.807, 2.05) is 54.6 Å². The Hall–Kier alpha value is -5.75. The van der Waals surface area contributed by atoms with Gasteiger partial charge in [-0.15, -0.1) is 0 Å². The molecule has 6 N–H and O–H groups in total. The molecule has 0 bridgehead atoms. The van der Waals surface area contributed by atoms with E-state index in [-0.39, 0.29) is 28.4 Å². The van der Waals surface area contributed by atoms with E-state index in [4.69, 9.17) is 5.73 Å². The van der Waals surface area contributed by atoms with E-state index in [0.29, 0.717) is 37.2 Å². The molecular weight excluding hydrogens is 734 g/mol. The van der Waals surface area contributed by atoms with Gasteiger partial charge in [-0.3, -0.25) is 10.2 Å². The summed E-state index contributed by atoms with van der Waals surface area (Å²) in [6, 6.07) is 33.3. The van der Waals surface area contributed by atoms with Crippen molar-refractivity contribution < 1.29 is 9.90 Å². The molecule has 0 atom stereocenters. The summed E-state index contributed by atoms with van der Waals surface area (Å²) < 4.78 is 0. The Bertz CT molecular complexity index is 2410. The van der Waals surface area contributed by atoms with Crippen molar-refractivity contribution in [3.8, 4) is 0 Å². The van der Waals surface area contributed by atoms with E-state index in [0.717, 1.165) is 46.0 Å². The van der Waals surface area contributed by atoms with Crippen LogP contribution in [0, 0.1) is 5.41 Å². The first kappa shape index (κ1) is 42.4. The van der Waals surface area contributed by atoms with Crippen molar-refractivity contribution in [2.24, 2.45) is 0 Å². The molecule has 2 aliphatic rings. The first-order valence-corrected chi connectivity index (χ1v) is 22.5. The zero-order valence-corrected chi connectivity index (χ0v) is 35.6. The van der Waals surface area contributed by atoms with Crippen LogP contribution in [0.5, 0.6) is 0 Å². The molecule has 0 amide bonds. The van der Waals surface area contributed by atoms with Gasteiger partial charge in [0.2, 0.25) is 5.78 Å². The van der Waals surface area contributed by atoms with Crippen molar-refractivity contribution in [2.75, 3.05) is 16.2 Å². The molecule has 0 radical (unpaired) electrons. The average molecular weight is 795 g/mol. The van der Waals surface area contributed by atoms with E-state index in [2.05, 4.69) is 72.8 Å². The molecule has 0 heterocycles. The van der Waals surface area contributed by atoms with Crippen LogP contribution in [0.15, 0.2) is 120 Å². The molecule has 0 unspecified atom stereocenters. The number of fused-ring (bicyclic) bond motifs is 2. The van der Waals surface area contributed by atoms with Crippen molar-refractivity contribution in [2.45, 2.75) is 104 Å². The minimum absolute atomic E-state index is 0.128. The number of nitrogens with one attached hydrogen (secondary N) is 3. The Morgan fingerprint density at radius 2 is 1.17 bits per heavy atom. The molecule has 5 aromatic carbocycles. The van der Waals surface area contributed by atoms with Crippen LogP contribution in [0.3, 0.4) is 0 Å². The molecule has 6 nitrogen and oxygen atoms in total. The fraction of sp³-hybridized carbons (Fsp3) is 0.308. The highest BCUT2D eigenvalue weighted by molar-refractivity contribution is 6.58. The predicted octanol–water partition coefficient (Wildman–Crippen LogP) is 10.6. The number of rotatable bonds is 21. The highest BCUT2D eigenvalue weighted by atomic mass is 16.3. The number of ketones is 1. The fourth-order valence-electron chi connectivity index (χ4n) is 8.67. The van der Waals surface area contributed by atoms with Gasteiger partial charge in [0.15, 0.2) is 0 Å².